The minimum absolute atomic E-state index is 0.152. The van der Waals surface area contributed by atoms with Crippen molar-refractivity contribution in [2.24, 2.45) is 29.6 Å². The van der Waals surface area contributed by atoms with E-state index in [9.17, 15) is 14.7 Å². The molecule has 4 heteroatoms. The average Bonchev–Trinajstić information content (AvgIpc) is 2.53. The Labute approximate surface area is 133 Å². The van der Waals surface area contributed by atoms with Gasteiger partial charge in [-0.2, -0.15) is 0 Å². The second-order valence-corrected chi connectivity index (χ2v) is 7.93. The second kappa shape index (κ2) is 6.59. The number of fused-ring (bicyclic) bond motifs is 1. The molecule has 0 aromatic rings. The molecule has 1 heterocycles. The van der Waals surface area contributed by atoms with Gasteiger partial charge in [0.25, 0.3) is 0 Å². The minimum Gasteiger partial charge on any atom is -0.481 e. The molecule has 0 aromatic carbocycles. The summed E-state index contributed by atoms with van der Waals surface area (Å²) in [4.78, 5) is 26.0. The highest BCUT2D eigenvalue weighted by molar-refractivity contribution is 5.80. The Morgan fingerprint density at radius 3 is 2.36 bits per heavy atom. The standard InChI is InChI=1S/C18H29NO3/c1-12-8-16(18(21)22)11-19(10-12)17(20)15-7-6-13-4-2-3-5-14(13)9-15/h12-16H,2-11H2,1H3,(H,21,22). The molecule has 0 aromatic heterocycles. The summed E-state index contributed by atoms with van der Waals surface area (Å²) in [6.07, 6.45) is 9.31. The number of amides is 1. The van der Waals surface area contributed by atoms with E-state index in [-0.39, 0.29) is 17.7 Å². The number of carbonyl (C=O) groups is 2. The van der Waals surface area contributed by atoms with Crippen LogP contribution in [-0.4, -0.2) is 35.0 Å². The number of likely N-dealkylation sites (tertiary alicyclic amines) is 1. The smallest absolute Gasteiger partial charge is 0.308 e. The number of carboxylic acid groups (broad SMARTS) is 1. The first-order valence-electron chi connectivity index (χ1n) is 9.06. The first kappa shape index (κ1) is 15.8. The van der Waals surface area contributed by atoms with Crippen LogP contribution in [0.1, 0.15) is 58.3 Å². The summed E-state index contributed by atoms with van der Waals surface area (Å²) < 4.78 is 0. The summed E-state index contributed by atoms with van der Waals surface area (Å²) in [5.74, 6) is 1.16. The van der Waals surface area contributed by atoms with E-state index >= 15 is 0 Å². The normalized spacial score (nSPS) is 39.1. The molecule has 1 saturated heterocycles. The van der Waals surface area contributed by atoms with E-state index < -0.39 is 5.97 Å². The fourth-order valence-corrected chi connectivity index (χ4v) is 5.07. The van der Waals surface area contributed by atoms with Crippen molar-refractivity contribution in [1.29, 1.82) is 0 Å². The molecule has 2 aliphatic carbocycles. The molecule has 22 heavy (non-hydrogen) atoms. The zero-order chi connectivity index (χ0) is 15.7. The van der Waals surface area contributed by atoms with Crippen molar-refractivity contribution in [3.05, 3.63) is 0 Å². The van der Waals surface area contributed by atoms with Crippen LogP contribution in [-0.2, 0) is 9.59 Å². The van der Waals surface area contributed by atoms with Crippen LogP contribution in [0.5, 0.6) is 0 Å². The van der Waals surface area contributed by atoms with Gasteiger partial charge in [0.1, 0.15) is 0 Å². The lowest BCUT2D eigenvalue weighted by Gasteiger charge is -2.42. The first-order chi connectivity index (χ1) is 10.5. The molecular formula is C18H29NO3. The topological polar surface area (TPSA) is 57.6 Å². The number of hydrogen-bond donors (Lipinski definition) is 1. The van der Waals surface area contributed by atoms with Crippen LogP contribution in [0, 0.1) is 29.6 Å². The Morgan fingerprint density at radius 1 is 0.909 bits per heavy atom. The van der Waals surface area contributed by atoms with Crippen LogP contribution in [0.2, 0.25) is 0 Å². The van der Waals surface area contributed by atoms with Gasteiger partial charge >= 0.3 is 5.97 Å². The van der Waals surface area contributed by atoms with E-state index in [0.29, 0.717) is 18.9 Å². The zero-order valence-corrected chi connectivity index (χ0v) is 13.7. The number of nitrogens with zero attached hydrogens (tertiary/aromatic N) is 1. The predicted molar refractivity (Wildman–Crippen MR) is 84.3 cm³/mol. The molecule has 124 valence electrons. The van der Waals surface area contributed by atoms with Crippen molar-refractivity contribution < 1.29 is 14.7 Å². The van der Waals surface area contributed by atoms with E-state index in [4.69, 9.17) is 0 Å². The lowest BCUT2D eigenvalue weighted by atomic mass is 9.67. The zero-order valence-electron chi connectivity index (χ0n) is 13.7. The summed E-state index contributed by atoms with van der Waals surface area (Å²) in [7, 11) is 0. The maximum Gasteiger partial charge on any atom is 0.308 e. The Bertz CT molecular complexity index is 436. The molecule has 4 nitrogen and oxygen atoms in total. The van der Waals surface area contributed by atoms with Crippen LogP contribution < -0.4 is 0 Å². The Balaban J connectivity index is 1.62. The Hall–Kier alpha value is -1.06. The molecule has 0 bridgehead atoms. The second-order valence-electron chi connectivity index (χ2n) is 7.93. The predicted octanol–water partition coefficient (Wildman–Crippen LogP) is 3.16. The van der Waals surface area contributed by atoms with Gasteiger partial charge in [0.15, 0.2) is 0 Å². The highest BCUT2D eigenvalue weighted by Crippen LogP contribution is 2.43. The number of piperidine rings is 1. The number of carboxylic acids is 1. The largest absolute Gasteiger partial charge is 0.481 e. The fourth-order valence-electron chi connectivity index (χ4n) is 5.07. The van der Waals surface area contributed by atoms with Gasteiger partial charge in [-0.1, -0.05) is 32.6 Å². The molecular weight excluding hydrogens is 278 g/mol. The molecule has 5 unspecified atom stereocenters. The summed E-state index contributed by atoms with van der Waals surface area (Å²) in [6, 6.07) is 0. The first-order valence-corrected chi connectivity index (χ1v) is 9.06. The van der Waals surface area contributed by atoms with Crippen molar-refractivity contribution in [2.75, 3.05) is 13.1 Å². The van der Waals surface area contributed by atoms with Gasteiger partial charge in [0.2, 0.25) is 5.91 Å². The van der Waals surface area contributed by atoms with E-state index in [2.05, 4.69) is 6.92 Å². The van der Waals surface area contributed by atoms with Crippen LogP contribution in [0.4, 0.5) is 0 Å². The lowest BCUT2D eigenvalue weighted by Crippen LogP contribution is -2.48. The van der Waals surface area contributed by atoms with E-state index in [1.807, 2.05) is 4.90 Å². The Kier molecular flexibility index (Phi) is 4.74. The molecule has 1 amide bonds. The quantitative estimate of drug-likeness (QED) is 0.852. The van der Waals surface area contributed by atoms with Crippen LogP contribution >= 0.6 is 0 Å². The maximum absolute atomic E-state index is 12.9. The van der Waals surface area contributed by atoms with E-state index in [1.54, 1.807) is 0 Å². The molecule has 0 radical (unpaired) electrons. The molecule has 3 fully saturated rings. The van der Waals surface area contributed by atoms with Crippen LogP contribution in [0.3, 0.4) is 0 Å². The number of aliphatic carboxylic acids is 1. The van der Waals surface area contributed by atoms with E-state index in [1.165, 1.54) is 32.1 Å². The average molecular weight is 307 g/mol. The fraction of sp³-hybridized carbons (Fsp3) is 0.889. The lowest BCUT2D eigenvalue weighted by molar-refractivity contribution is -0.149. The monoisotopic (exact) mass is 307 g/mol. The van der Waals surface area contributed by atoms with Crippen molar-refractivity contribution >= 4 is 11.9 Å². The summed E-state index contributed by atoms with van der Waals surface area (Å²) in [5, 5.41) is 9.28. The molecule has 5 atom stereocenters. The molecule has 0 spiro atoms. The minimum atomic E-state index is -0.750. The van der Waals surface area contributed by atoms with Gasteiger partial charge in [-0.05, 0) is 43.4 Å². The van der Waals surface area contributed by atoms with Crippen LogP contribution in [0.15, 0.2) is 0 Å². The third kappa shape index (κ3) is 3.31. The van der Waals surface area contributed by atoms with Gasteiger partial charge in [0.05, 0.1) is 5.92 Å². The van der Waals surface area contributed by atoms with Gasteiger partial charge in [0, 0.05) is 19.0 Å². The molecule has 1 N–H and O–H groups in total. The summed E-state index contributed by atoms with van der Waals surface area (Å²) in [5.41, 5.74) is 0. The Morgan fingerprint density at radius 2 is 1.64 bits per heavy atom. The number of carbonyl (C=O) groups excluding carboxylic acids is 1. The van der Waals surface area contributed by atoms with Crippen LogP contribution in [0.25, 0.3) is 0 Å². The van der Waals surface area contributed by atoms with Crippen molar-refractivity contribution in [1.82, 2.24) is 4.90 Å². The van der Waals surface area contributed by atoms with Gasteiger partial charge < -0.3 is 10.0 Å². The SMILES string of the molecule is CC1CC(C(=O)O)CN(C(=O)C2CCC3CCCCC3C2)C1. The summed E-state index contributed by atoms with van der Waals surface area (Å²) >= 11 is 0. The van der Waals surface area contributed by atoms with E-state index in [0.717, 1.165) is 31.2 Å². The molecule has 1 aliphatic heterocycles. The van der Waals surface area contributed by atoms with Crippen molar-refractivity contribution in [2.45, 2.75) is 58.3 Å². The maximum atomic E-state index is 12.9. The third-order valence-electron chi connectivity index (χ3n) is 6.21. The summed E-state index contributed by atoms with van der Waals surface area (Å²) in [6.45, 7) is 3.23. The highest BCUT2D eigenvalue weighted by Gasteiger charge is 2.39. The van der Waals surface area contributed by atoms with Crippen molar-refractivity contribution in [3.8, 4) is 0 Å². The molecule has 3 aliphatic rings. The third-order valence-corrected chi connectivity index (χ3v) is 6.21. The number of rotatable bonds is 2. The van der Waals surface area contributed by atoms with Gasteiger partial charge in [-0.15, -0.1) is 0 Å². The molecule has 3 rings (SSSR count). The van der Waals surface area contributed by atoms with Crippen molar-refractivity contribution in [3.63, 3.8) is 0 Å². The van der Waals surface area contributed by atoms with Gasteiger partial charge in [-0.3, -0.25) is 9.59 Å². The van der Waals surface area contributed by atoms with Gasteiger partial charge in [-0.25, -0.2) is 0 Å². The highest BCUT2D eigenvalue weighted by atomic mass is 16.4. The molecule has 2 saturated carbocycles. The number of hydrogen-bond acceptors (Lipinski definition) is 2.